The van der Waals surface area contributed by atoms with E-state index in [1.54, 1.807) is 0 Å². The van der Waals surface area contributed by atoms with E-state index in [0.717, 1.165) is 5.56 Å². The molecular weight excluding hydrogens is 269 g/mol. The second kappa shape index (κ2) is 6.60. The van der Waals surface area contributed by atoms with Gasteiger partial charge in [-0.2, -0.15) is 0 Å². The summed E-state index contributed by atoms with van der Waals surface area (Å²) in [6, 6.07) is 9.50. The predicted molar refractivity (Wildman–Crippen MR) is 80.5 cm³/mol. The SMILES string of the molecule is CC1(C)[C@H](O)CB(OCN)[C@@H]1C(=O)OCc1ccccc1. The van der Waals surface area contributed by atoms with Crippen LogP contribution in [0.15, 0.2) is 30.3 Å². The topological polar surface area (TPSA) is 81.8 Å². The maximum Gasteiger partial charge on any atom is 0.312 e. The highest BCUT2D eigenvalue weighted by atomic mass is 16.5. The smallest absolute Gasteiger partial charge is 0.312 e. The molecule has 1 aromatic carbocycles. The van der Waals surface area contributed by atoms with E-state index in [-0.39, 0.29) is 19.3 Å². The van der Waals surface area contributed by atoms with Crippen molar-refractivity contribution in [1.29, 1.82) is 0 Å². The van der Waals surface area contributed by atoms with Crippen LogP contribution in [0.1, 0.15) is 19.4 Å². The number of hydrogen-bond acceptors (Lipinski definition) is 5. The highest BCUT2D eigenvalue weighted by Gasteiger charge is 2.56. The molecule has 0 radical (unpaired) electrons. The number of hydrogen-bond donors (Lipinski definition) is 2. The van der Waals surface area contributed by atoms with Crippen LogP contribution in [0.3, 0.4) is 0 Å². The molecule has 1 heterocycles. The molecule has 0 aliphatic carbocycles. The van der Waals surface area contributed by atoms with Gasteiger partial charge < -0.3 is 20.2 Å². The van der Waals surface area contributed by atoms with Crippen molar-refractivity contribution in [2.45, 2.75) is 38.7 Å². The van der Waals surface area contributed by atoms with Crippen LogP contribution in [0.2, 0.25) is 12.1 Å². The molecular formula is C15H22BNO4. The van der Waals surface area contributed by atoms with Crippen LogP contribution >= 0.6 is 0 Å². The van der Waals surface area contributed by atoms with Crippen LogP contribution < -0.4 is 5.73 Å². The molecule has 1 aliphatic heterocycles. The molecule has 2 atom stereocenters. The molecule has 0 saturated carbocycles. The largest absolute Gasteiger partial charge is 0.461 e. The van der Waals surface area contributed by atoms with E-state index < -0.39 is 24.3 Å². The van der Waals surface area contributed by atoms with E-state index in [0.29, 0.717) is 6.32 Å². The van der Waals surface area contributed by atoms with E-state index >= 15 is 0 Å². The minimum absolute atomic E-state index is 0.0237. The summed E-state index contributed by atoms with van der Waals surface area (Å²) in [6.07, 6.45) is -0.210. The number of ether oxygens (including phenoxy) is 1. The standard InChI is InChI=1S/C15H22BNO4/c1-15(2)12(18)8-16(21-10-17)13(15)14(19)20-9-11-6-4-3-5-7-11/h3-7,12-13,18H,8-10,17H2,1-2H3/t12-,13-/m1/s1. The lowest BCUT2D eigenvalue weighted by molar-refractivity contribution is -0.148. The quantitative estimate of drug-likeness (QED) is 0.487. The summed E-state index contributed by atoms with van der Waals surface area (Å²) in [5.74, 6) is -0.862. The highest BCUT2D eigenvalue weighted by molar-refractivity contribution is 6.59. The first-order valence-electron chi connectivity index (χ1n) is 7.17. The Balaban J connectivity index is 2.04. The third kappa shape index (κ3) is 3.45. The number of esters is 1. The summed E-state index contributed by atoms with van der Waals surface area (Å²) in [6.45, 7) is 3.55. The van der Waals surface area contributed by atoms with E-state index in [9.17, 15) is 9.90 Å². The Morgan fingerprint density at radius 1 is 1.43 bits per heavy atom. The molecule has 0 aromatic heterocycles. The normalized spacial score (nSPS) is 24.1. The van der Waals surface area contributed by atoms with Gasteiger partial charge >= 0.3 is 12.9 Å². The van der Waals surface area contributed by atoms with Gasteiger partial charge in [0.2, 0.25) is 0 Å². The molecule has 1 fully saturated rings. The van der Waals surface area contributed by atoms with Gasteiger partial charge in [0, 0.05) is 0 Å². The number of carbonyl (C=O) groups is 1. The fourth-order valence-corrected chi connectivity index (χ4v) is 2.91. The van der Waals surface area contributed by atoms with Gasteiger partial charge in [0.15, 0.2) is 0 Å². The Morgan fingerprint density at radius 2 is 2.10 bits per heavy atom. The van der Waals surface area contributed by atoms with Crippen molar-refractivity contribution in [2.75, 3.05) is 6.73 Å². The maximum absolute atomic E-state index is 12.4. The van der Waals surface area contributed by atoms with Gasteiger partial charge in [-0.25, -0.2) is 0 Å². The Hall–Kier alpha value is -1.37. The van der Waals surface area contributed by atoms with Crippen molar-refractivity contribution in [1.82, 2.24) is 0 Å². The number of benzene rings is 1. The fraction of sp³-hybridized carbons (Fsp3) is 0.533. The third-order valence-corrected chi connectivity index (χ3v) is 4.28. The maximum atomic E-state index is 12.4. The minimum Gasteiger partial charge on any atom is -0.461 e. The second-order valence-corrected chi connectivity index (χ2v) is 6.02. The lowest BCUT2D eigenvalue weighted by Gasteiger charge is -2.29. The molecule has 0 amide bonds. The van der Waals surface area contributed by atoms with E-state index in [2.05, 4.69) is 0 Å². The van der Waals surface area contributed by atoms with Gasteiger partial charge in [0.25, 0.3) is 0 Å². The van der Waals surface area contributed by atoms with Crippen LogP contribution in [0.25, 0.3) is 0 Å². The zero-order chi connectivity index (χ0) is 15.5. The molecule has 0 unspecified atom stereocenters. The molecule has 3 N–H and O–H groups in total. The average Bonchev–Trinajstić information content (AvgIpc) is 2.68. The summed E-state index contributed by atoms with van der Waals surface area (Å²) in [7, 11) is 0. The zero-order valence-corrected chi connectivity index (χ0v) is 12.5. The fourth-order valence-electron chi connectivity index (χ4n) is 2.91. The highest BCUT2D eigenvalue weighted by Crippen LogP contribution is 2.48. The van der Waals surface area contributed by atoms with Crippen molar-refractivity contribution >= 4 is 12.9 Å². The number of rotatable bonds is 5. The first-order chi connectivity index (χ1) is 9.96. The minimum atomic E-state index is -0.608. The van der Waals surface area contributed by atoms with Crippen LogP contribution in [0, 0.1) is 5.41 Å². The van der Waals surface area contributed by atoms with Crippen molar-refractivity contribution in [2.24, 2.45) is 11.1 Å². The van der Waals surface area contributed by atoms with Gasteiger partial charge in [0.1, 0.15) is 6.61 Å². The molecule has 6 heteroatoms. The number of nitrogens with two attached hydrogens (primary N) is 1. The molecule has 0 spiro atoms. The van der Waals surface area contributed by atoms with Crippen LogP contribution in [0.5, 0.6) is 0 Å². The van der Waals surface area contributed by atoms with E-state index in [4.69, 9.17) is 15.1 Å². The van der Waals surface area contributed by atoms with Gasteiger partial charge in [-0.05, 0) is 17.3 Å². The summed E-state index contributed by atoms with van der Waals surface area (Å²) in [5, 5.41) is 10.1. The van der Waals surface area contributed by atoms with Crippen molar-refractivity contribution in [3.63, 3.8) is 0 Å². The summed E-state index contributed by atoms with van der Waals surface area (Å²) < 4.78 is 10.8. The van der Waals surface area contributed by atoms with Crippen LogP contribution in [-0.4, -0.2) is 30.8 Å². The molecule has 0 bridgehead atoms. The molecule has 5 nitrogen and oxygen atoms in total. The van der Waals surface area contributed by atoms with Gasteiger partial charge in [-0.1, -0.05) is 44.2 Å². The van der Waals surface area contributed by atoms with Crippen LogP contribution in [0.4, 0.5) is 0 Å². The van der Waals surface area contributed by atoms with Crippen LogP contribution in [-0.2, 0) is 20.8 Å². The summed E-state index contributed by atoms with van der Waals surface area (Å²) in [5.41, 5.74) is 5.75. The first-order valence-corrected chi connectivity index (χ1v) is 7.17. The van der Waals surface area contributed by atoms with Crippen molar-refractivity contribution < 1.29 is 19.3 Å². The third-order valence-electron chi connectivity index (χ3n) is 4.28. The Labute approximate surface area is 125 Å². The average molecular weight is 291 g/mol. The zero-order valence-electron chi connectivity index (χ0n) is 12.5. The number of aliphatic hydroxyl groups is 1. The molecule has 21 heavy (non-hydrogen) atoms. The molecule has 1 aliphatic rings. The Morgan fingerprint density at radius 3 is 2.71 bits per heavy atom. The second-order valence-electron chi connectivity index (χ2n) is 6.02. The molecule has 1 aromatic rings. The van der Waals surface area contributed by atoms with E-state index in [1.165, 1.54) is 0 Å². The van der Waals surface area contributed by atoms with E-state index in [1.807, 2.05) is 44.2 Å². The Kier molecular flexibility index (Phi) is 5.03. The molecule has 114 valence electrons. The molecule has 1 saturated heterocycles. The number of aliphatic hydroxyl groups excluding tert-OH is 1. The Bertz CT molecular complexity index is 480. The monoisotopic (exact) mass is 291 g/mol. The number of carbonyl (C=O) groups excluding carboxylic acids is 1. The predicted octanol–water partition coefficient (Wildman–Crippen LogP) is 1.42. The van der Waals surface area contributed by atoms with Crippen molar-refractivity contribution in [3.8, 4) is 0 Å². The summed E-state index contributed by atoms with van der Waals surface area (Å²) in [4.78, 5) is 12.4. The molecule has 2 rings (SSSR count). The lowest BCUT2D eigenvalue weighted by atomic mass is 9.54. The first kappa shape index (κ1) is 16.0. The van der Waals surface area contributed by atoms with Gasteiger partial charge in [0.05, 0.1) is 18.7 Å². The lowest BCUT2D eigenvalue weighted by Crippen LogP contribution is -2.36. The summed E-state index contributed by atoms with van der Waals surface area (Å²) >= 11 is 0. The van der Waals surface area contributed by atoms with Gasteiger partial charge in [-0.3, -0.25) is 4.79 Å². The van der Waals surface area contributed by atoms with Crippen molar-refractivity contribution in [3.05, 3.63) is 35.9 Å². The van der Waals surface area contributed by atoms with Gasteiger partial charge in [-0.15, -0.1) is 0 Å².